The van der Waals surface area contributed by atoms with Gasteiger partial charge in [-0.3, -0.25) is 9.69 Å². The van der Waals surface area contributed by atoms with Gasteiger partial charge in [0.05, 0.1) is 20.8 Å². The number of nitrogens with one attached hydrogen (secondary N) is 1. The Hall–Kier alpha value is -2.73. The Morgan fingerprint density at radius 2 is 1.64 bits per heavy atom. The van der Waals surface area contributed by atoms with Crippen LogP contribution in [0.15, 0.2) is 48.5 Å². The number of likely N-dealkylation sites (N-methyl/N-ethyl adjacent to an activating group) is 1. The highest BCUT2D eigenvalue weighted by Gasteiger charge is 2.09. The van der Waals surface area contributed by atoms with Gasteiger partial charge in [-0.05, 0) is 19.2 Å². The fourth-order valence-electron chi connectivity index (χ4n) is 2.24. The van der Waals surface area contributed by atoms with Crippen LogP contribution in [0.2, 0.25) is 0 Å². The van der Waals surface area contributed by atoms with E-state index < -0.39 is 0 Å². The van der Waals surface area contributed by atoms with Crippen molar-refractivity contribution in [3.05, 3.63) is 48.5 Å². The average molecular weight is 344 g/mol. The Bertz CT molecular complexity index is 654. The van der Waals surface area contributed by atoms with E-state index in [1.165, 1.54) is 0 Å². The van der Waals surface area contributed by atoms with Crippen LogP contribution in [-0.2, 0) is 4.79 Å². The molecule has 0 radical (unpaired) electrons. The second-order valence-corrected chi connectivity index (χ2v) is 5.55. The molecule has 0 saturated heterocycles. The van der Waals surface area contributed by atoms with Gasteiger partial charge in [0.1, 0.15) is 23.9 Å². The summed E-state index contributed by atoms with van der Waals surface area (Å²) >= 11 is 0. The van der Waals surface area contributed by atoms with Crippen LogP contribution in [0.25, 0.3) is 0 Å². The molecule has 0 spiro atoms. The number of para-hydroxylation sites is 1. The largest absolute Gasteiger partial charge is 0.497 e. The minimum Gasteiger partial charge on any atom is -0.497 e. The zero-order valence-corrected chi connectivity index (χ0v) is 14.8. The third-order valence-corrected chi connectivity index (χ3v) is 3.53. The average Bonchev–Trinajstić information content (AvgIpc) is 2.62. The third kappa shape index (κ3) is 6.35. The Morgan fingerprint density at radius 3 is 2.24 bits per heavy atom. The van der Waals surface area contributed by atoms with E-state index >= 15 is 0 Å². The second-order valence-electron chi connectivity index (χ2n) is 5.55. The maximum atomic E-state index is 12.2. The fraction of sp³-hybridized carbons (Fsp3) is 0.316. The van der Waals surface area contributed by atoms with Gasteiger partial charge in [0.2, 0.25) is 5.91 Å². The number of rotatable bonds is 9. The van der Waals surface area contributed by atoms with Crippen LogP contribution in [0.3, 0.4) is 0 Å². The number of hydrogen-bond donors (Lipinski definition) is 1. The lowest BCUT2D eigenvalue weighted by atomic mass is 10.2. The van der Waals surface area contributed by atoms with E-state index in [0.717, 1.165) is 5.75 Å². The predicted octanol–water partition coefficient (Wildman–Crippen LogP) is 2.65. The highest BCUT2D eigenvalue weighted by Crippen LogP contribution is 2.25. The van der Waals surface area contributed by atoms with Gasteiger partial charge in [-0.15, -0.1) is 0 Å². The van der Waals surface area contributed by atoms with Crippen LogP contribution in [0.5, 0.6) is 17.2 Å². The first kappa shape index (κ1) is 18.6. The highest BCUT2D eigenvalue weighted by molar-refractivity contribution is 5.92. The van der Waals surface area contributed by atoms with Gasteiger partial charge in [-0.1, -0.05) is 18.2 Å². The third-order valence-electron chi connectivity index (χ3n) is 3.53. The van der Waals surface area contributed by atoms with E-state index in [4.69, 9.17) is 14.2 Å². The van der Waals surface area contributed by atoms with E-state index in [1.807, 2.05) is 42.3 Å². The summed E-state index contributed by atoms with van der Waals surface area (Å²) in [5, 5.41) is 2.85. The summed E-state index contributed by atoms with van der Waals surface area (Å²) in [5.41, 5.74) is 0.634. The summed E-state index contributed by atoms with van der Waals surface area (Å²) in [7, 11) is 5.02. The number of hydrogen-bond acceptors (Lipinski definition) is 5. The van der Waals surface area contributed by atoms with Crippen molar-refractivity contribution in [2.24, 2.45) is 0 Å². The van der Waals surface area contributed by atoms with Crippen molar-refractivity contribution in [1.29, 1.82) is 0 Å². The Labute approximate surface area is 148 Å². The van der Waals surface area contributed by atoms with E-state index in [-0.39, 0.29) is 12.5 Å². The van der Waals surface area contributed by atoms with Crippen LogP contribution >= 0.6 is 0 Å². The van der Waals surface area contributed by atoms with E-state index in [0.29, 0.717) is 30.3 Å². The quantitative estimate of drug-likeness (QED) is 0.758. The van der Waals surface area contributed by atoms with Gasteiger partial charge in [0.25, 0.3) is 0 Å². The van der Waals surface area contributed by atoms with E-state index in [2.05, 4.69) is 5.32 Å². The summed E-state index contributed by atoms with van der Waals surface area (Å²) in [4.78, 5) is 14.1. The molecule has 0 aliphatic heterocycles. The molecule has 2 rings (SSSR count). The first-order chi connectivity index (χ1) is 12.1. The molecule has 6 heteroatoms. The maximum Gasteiger partial charge on any atom is 0.238 e. The number of amides is 1. The van der Waals surface area contributed by atoms with Crippen LogP contribution < -0.4 is 19.5 Å². The lowest BCUT2D eigenvalue weighted by Gasteiger charge is -2.17. The van der Waals surface area contributed by atoms with Crippen LogP contribution in [-0.4, -0.2) is 51.8 Å². The molecule has 134 valence electrons. The molecule has 0 aromatic heterocycles. The molecular weight excluding hydrogens is 320 g/mol. The van der Waals surface area contributed by atoms with Crippen molar-refractivity contribution in [2.75, 3.05) is 46.3 Å². The Balaban J connectivity index is 1.79. The van der Waals surface area contributed by atoms with Gasteiger partial charge in [0, 0.05) is 30.4 Å². The summed E-state index contributed by atoms with van der Waals surface area (Å²) < 4.78 is 16.0. The summed E-state index contributed by atoms with van der Waals surface area (Å²) in [6.07, 6.45) is 0. The number of benzene rings is 2. The monoisotopic (exact) mass is 344 g/mol. The number of carbonyl (C=O) groups is 1. The second kappa shape index (κ2) is 9.54. The van der Waals surface area contributed by atoms with Gasteiger partial charge in [0.15, 0.2) is 0 Å². The molecule has 25 heavy (non-hydrogen) atoms. The molecule has 1 amide bonds. The summed E-state index contributed by atoms with van der Waals surface area (Å²) in [5.74, 6) is 1.96. The van der Waals surface area contributed by atoms with Gasteiger partial charge in [-0.2, -0.15) is 0 Å². The number of carbonyl (C=O) groups excluding carboxylic acids is 1. The van der Waals surface area contributed by atoms with Crippen molar-refractivity contribution in [3.63, 3.8) is 0 Å². The van der Waals surface area contributed by atoms with Crippen LogP contribution in [0.1, 0.15) is 0 Å². The number of ether oxygens (including phenoxy) is 3. The standard InChI is InChI=1S/C19H24N2O4/c1-21(9-10-25-16-7-5-4-6-8-16)14-19(22)20-15-11-17(23-2)13-18(12-15)24-3/h4-8,11-13H,9-10,14H2,1-3H3,(H,20,22). The molecular formula is C19H24N2O4. The highest BCUT2D eigenvalue weighted by atomic mass is 16.5. The fourth-order valence-corrected chi connectivity index (χ4v) is 2.24. The minimum absolute atomic E-state index is 0.113. The van der Waals surface area contributed by atoms with Gasteiger partial charge >= 0.3 is 0 Å². The Morgan fingerprint density at radius 1 is 1.00 bits per heavy atom. The van der Waals surface area contributed by atoms with Crippen LogP contribution in [0, 0.1) is 0 Å². The molecule has 1 N–H and O–H groups in total. The van der Waals surface area contributed by atoms with E-state index in [9.17, 15) is 4.79 Å². The van der Waals surface area contributed by atoms with Crippen molar-refractivity contribution in [2.45, 2.75) is 0 Å². The van der Waals surface area contributed by atoms with Crippen molar-refractivity contribution < 1.29 is 19.0 Å². The van der Waals surface area contributed by atoms with Crippen molar-refractivity contribution in [3.8, 4) is 17.2 Å². The molecule has 6 nitrogen and oxygen atoms in total. The molecule has 0 heterocycles. The first-order valence-corrected chi connectivity index (χ1v) is 8.00. The number of anilines is 1. The predicted molar refractivity (Wildman–Crippen MR) is 97.6 cm³/mol. The SMILES string of the molecule is COc1cc(NC(=O)CN(C)CCOc2ccccc2)cc(OC)c1. The molecule has 0 saturated carbocycles. The smallest absolute Gasteiger partial charge is 0.238 e. The lowest BCUT2D eigenvalue weighted by Crippen LogP contribution is -2.33. The van der Waals surface area contributed by atoms with Gasteiger partial charge in [-0.25, -0.2) is 0 Å². The molecule has 2 aromatic carbocycles. The molecule has 2 aromatic rings. The first-order valence-electron chi connectivity index (χ1n) is 8.00. The van der Waals surface area contributed by atoms with Crippen molar-refractivity contribution in [1.82, 2.24) is 4.90 Å². The number of nitrogens with zero attached hydrogens (tertiary/aromatic N) is 1. The van der Waals surface area contributed by atoms with E-state index in [1.54, 1.807) is 32.4 Å². The topological polar surface area (TPSA) is 60.0 Å². The maximum absolute atomic E-state index is 12.2. The normalized spacial score (nSPS) is 10.4. The zero-order chi connectivity index (χ0) is 18.1. The minimum atomic E-state index is -0.113. The van der Waals surface area contributed by atoms with Crippen molar-refractivity contribution >= 4 is 11.6 Å². The zero-order valence-electron chi connectivity index (χ0n) is 14.8. The summed E-state index contributed by atoms with van der Waals surface area (Å²) in [6, 6.07) is 14.9. The molecule has 0 unspecified atom stereocenters. The molecule has 0 atom stereocenters. The summed E-state index contributed by atoms with van der Waals surface area (Å²) in [6.45, 7) is 1.42. The van der Waals surface area contributed by atoms with Gasteiger partial charge < -0.3 is 19.5 Å². The molecule has 0 aliphatic rings. The molecule has 0 bridgehead atoms. The van der Waals surface area contributed by atoms with Crippen LogP contribution in [0.4, 0.5) is 5.69 Å². The molecule has 0 aliphatic carbocycles. The Kier molecular flexibility index (Phi) is 7.10. The molecule has 0 fully saturated rings. The number of methoxy groups -OCH3 is 2. The lowest BCUT2D eigenvalue weighted by molar-refractivity contribution is -0.117.